The Morgan fingerprint density at radius 2 is 2.00 bits per heavy atom. The van der Waals surface area contributed by atoms with Gasteiger partial charge in [0.15, 0.2) is 0 Å². The summed E-state index contributed by atoms with van der Waals surface area (Å²) in [4.78, 5) is 0. The number of sulfonamides is 1. The van der Waals surface area contributed by atoms with Crippen molar-refractivity contribution in [2.75, 3.05) is 46.3 Å². The third kappa shape index (κ3) is 6.07. The van der Waals surface area contributed by atoms with Gasteiger partial charge in [-0.15, -0.1) is 0 Å². The number of benzene rings is 1. The molecule has 27 heavy (non-hydrogen) atoms. The number of hydrogen-bond donors (Lipinski definition) is 0. The van der Waals surface area contributed by atoms with Crippen LogP contribution in [0.3, 0.4) is 0 Å². The van der Waals surface area contributed by atoms with Crippen molar-refractivity contribution in [2.24, 2.45) is 0 Å². The van der Waals surface area contributed by atoms with Crippen molar-refractivity contribution >= 4 is 10.0 Å². The lowest BCUT2D eigenvalue weighted by atomic mass is 9.89. The van der Waals surface area contributed by atoms with E-state index < -0.39 is 15.6 Å². The van der Waals surface area contributed by atoms with E-state index in [-0.39, 0.29) is 12.6 Å². The van der Waals surface area contributed by atoms with Crippen LogP contribution in [0.25, 0.3) is 0 Å². The van der Waals surface area contributed by atoms with Crippen molar-refractivity contribution in [1.82, 2.24) is 4.31 Å². The zero-order valence-electron chi connectivity index (χ0n) is 16.9. The highest BCUT2D eigenvalue weighted by Gasteiger charge is 2.40. The monoisotopic (exact) mass is 401 g/mol. The van der Waals surface area contributed by atoms with Crippen LogP contribution in [0, 0.1) is 0 Å². The maximum absolute atomic E-state index is 12.5. The van der Waals surface area contributed by atoms with Crippen molar-refractivity contribution in [3.05, 3.63) is 23.8 Å². The summed E-state index contributed by atoms with van der Waals surface area (Å²) in [5.74, 6) is 1.35. The lowest BCUT2D eigenvalue weighted by Gasteiger charge is -2.41. The predicted octanol–water partition coefficient (Wildman–Crippen LogP) is 2.61. The molecule has 8 heteroatoms. The zero-order chi connectivity index (χ0) is 20.1. The maximum Gasteiger partial charge on any atom is 0.211 e. The smallest absolute Gasteiger partial charge is 0.211 e. The molecule has 1 aromatic rings. The van der Waals surface area contributed by atoms with E-state index in [1.54, 1.807) is 7.11 Å². The van der Waals surface area contributed by atoms with Gasteiger partial charge >= 0.3 is 0 Å². The molecule has 1 aromatic carbocycles. The molecule has 0 saturated heterocycles. The largest absolute Gasteiger partial charge is 0.491 e. The molecule has 0 spiro atoms. The van der Waals surface area contributed by atoms with E-state index in [1.165, 1.54) is 10.6 Å². The first-order valence-corrected chi connectivity index (χ1v) is 11.0. The van der Waals surface area contributed by atoms with E-state index in [0.717, 1.165) is 5.56 Å². The number of nitrogens with zero attached hydrogens (tertiary/aromatic N) is 1. The molecule has 0 bridgehead atoms. The molecule has 2 rings (SSSR count). The molecule has 1 aliphatic rings. The normalized spacial score (nSPS) is 18.8. The minimum atomic E-state index is -3.43. The molecule has 154 valence electrons. The minimum absolute atomic E-state index is 0.283. The average molecular weight is 402 g/mol. The Kier molecular flexibility index (Phi) is 7.50. The Morgan fingerprint density at radius 3 is 2.63 bits per heavy atom. The first-order chi connectivity index (χ1) is 12.7. The van der Waals surface area contributed by atoms with Crippen LogP contribution < -0.4 is 9.47 Å². The average Bonchev–Trinajstić information content (AvgIpc) is 2.57. The van der Waals surface area contributed by atoms with E-state index in [9.17, 15) is 8.42 Å². The standard InChI is InChI=1S/C19H31NO6S/c1-6-24-11-12-25-15-7-8-18-16(13-15)17(14-19(2,3)26-18)20(9-10-23-4)27(5,21)22/h7-8,13,17H,6,9-12,14H2,1-5H3. The highest BCUT2D eigenvalue weighted by atomic mass is 32.2. The SMILES string of the molecule is CCOCCOc1ccc2c(c1)C(N(CCOC)S(C)(=O)=O)CC(C)(C)O2. The van der Waals surface area contributed by atoms with Crippen LogP contribution in [-0.4, -0.2) is 64.7 Å². The molecule has 7 nitrogen and oxygen atoms in total. The van der Waals surface area contributed by atoms with E-state index >= 15 is 0 Å². The van der Waals surface area contributed by atoms with Crippen molar-refractivity contribution in [2.45, 2.75) is 38.8 Å². The van der Waals surface area contributed by atoms with Gasteiger partial charge in [0.2, 0.25) is 10.0 Å². The van der Waals surface area contributed by atoms with Crippen molar-refractivity contribution in [1.29, 1.82) is 0 Å². The fraction of sp³-hybridized carbons (Fsp3) is 0.684. The molecular weight excluding hydrogens is 370 g/mol. The third-order valence-corrected chi connectivity index (χ3v) is 5.69. The molecule has 1 heterocycles. The first kappa shape index (κ1) is 21.9. The summed E-state index contributed by atoms with van der Waals surface area (Å²) in [6.45, 7) is 8.05. The number of fused-ring (bicyclic) bond motifs is 1. The summed E-state index contributed by atoms with van der Waals surface area (Å²) >= 11 is 0. The number of methoxy groups -OCH3 is 1. The first-order valence-electron chi connectivity index (χ1n) is 9.17. The van der Waals surface area contributed by atoms with Crippen LogP contribution in [0.5, 0.6) is 11.5 Å². The molecule has 0 radical (unpaired) electrons. The Morgan fingerprint density at radius 1 is 1.26 bits per heavy atom. The number of hydrogen-bond acceptors (Lipinski definition) is 6. The van der Waals surface area contributed by atoms with Crippen LogP contribution in [-0.2, 0) is 19.5 Å². The number of ether oxygens (including phenoxy) is 4. The van der Waals surface area contributed by atoms with E-state index in [4.69, 9.17) is 18.9 Å². The molecule has 0 N–H and O–H groups in total. The van der Waals surface area contributed by atoms with Gasteiger partial charge in [0.1, 0.15) is 23.7 Å². The molecular formula is C19H31NO6S. The quantitative estimate of drug-likeness (QED) is 0.561. The topological polar surface area (TPSA) is 74.3 Å². The lowest BCUT2D eigenvalue weighted by Crippen LogP contribution is -2.44. The van der Waals surface area contributed by atoms with Gasteiger partial charge in [0.05, 0.1) is 25.5 Å². The van der Waals surface area contributed by atoms with Gasteiger partial charge in [-0.1, -0.05) is 0 Å². The third-order valence-electron chi connectivity index (χ3n) is 4.40. The van der Waals surface area contributed by atoms with Crippen molar-refractivity contribution in [3.8, 4) is 11.5 Å². The maximum atomic E-state index is 12.5. The minimum Gasteiger partial charge on any atom is -0.491 e. The van der Waals surface area contributed by atoms with Gasteiger partial charge in [0.25, 0.3) is 0 Å². The van der Waals surface area contributed by atoms with Crippen LogP contribution in [0.1, 0.15) is 38.8 Å². The van der Waals surface area contributed by atoms with Crippen molar-refractivity contribution < 1.29 is 27.4 Å². The molecule has 0 fully saturated rings. The molecule has 0 amide bonds. The zero-order valence-corrected chi connectivity index (χ0v) is 17.7. The van der Waals surface area contributed by atoms with Crippen LogP contribution in [0.2, 0.25) is 0 Å². The summed E-state index contributed by atoms with van der Waals surface area (Å²) in [6.07, 6.45) is 1.77. The highest BCUT2D eigenvalue weighted by Crippen LogP contribution is 2.44. The summed E-state index contributed by atoms with van der Waals surface area (Å²) < 4.78 is 48.7. The second-order valence-electron chi connectivity index (χ2n) is 7.19. The van der Waals surface area contributed by atoms with Gasteiger partial charge in [-0.05, 0) is 39.0 Å². The van der Waals surface area contributed by atoms with E-state index in [2.05, 4.69) is 0 Å². The second kappa shape index (κ2) is 9.23. The summed E-state index contributed by atoms with van der Waals surface area (Å²) in [6, 6.07) is 5.20. The molecule has 0 saturated carbocycles. The lowest BCUT2D eigenvalue weighted by molar-refractivity contribution is 0.0454. The molecule has 1 atom stereocenters. The van der Waals surface area contributed by atoms with Gasteiger partial charge in [-0.25, -0.2) is 8.42 Å². The Bertz CT molecular complexity index is 719. The van der Waals surface area contributed by atoms with Crippen molar-refractivity contribution in [3.63, 3.8) is 0 Å². The van der Waals surface area contributed by atoms with Crippen LogP contribution in [0.4, 0.5) is 0 Å². The molecule has 1 aliphatic heterocycles. The molecule has 0 aliphatic carbocycles. The van der Waals surface area contributed by atoms with E-state index in [0.29, 0.717) is 44.3 Å². The van der Waals surface area contributed by atoms with Crippen LogP contribution in [0.15, 0.2) is 18.2 Å². The Hall–Kier alpha value is -1.35. The summed E-state index contributed by atoms with van der Waals surface area (Å²) in [5, 5.41) is 0. The Labute approximate surface area is 162 Å². The second-order valence-corrected chi connectivity index (χ2v) is 9.13. The number of rotatable bonds is 10. The molecule has 0 aromatic heterocycles. The van der Waals surface area contributed by atoms with Gasteiger partial charge < -0.3 is 18.9 Å². The van der Waals surface area contributed by atoms with Crippen LogP contribution >= 0.6 is 0 Å². The fourth-order valence-corrected chi connectivity index (χ4v) is 4.29. The van der Waals surface area contributed by atoms with Gasteiger partial charge in [-0.2, -0.15) is 4.31 Å². The fourth-order valence-electron chi connectivity index (χ4n) is 3.24. The van der Waals surface area contributed by atoms with E-state index in [1.807, 2.05) is 39.0 Å². The van der Waals surface area contributed by atoms with Gasteiger partial charge in [0, 0.05) is 32.2 Å². The summed E-state index contributed by atoms with van der Waals surface area (Å²) in [5.41, 5.74) is 0.329. The van der Waals surface area contributed by atoms with Gasteiger partial charge in [-0.3, -0.25) is 0 Å². The Balaban J connectivity index is 2.34. The predicted molar refractivity (Wildman–Crippen MR) is 104 cm³/mol. The summed E-state index contributed by atoms with van der Waals surface area (Å²) in [7, 11) is -1.87. The molecule has 1 unspecified atom stereocenters. The highest BCUT2D eigenvalue weighted by molar-refractivity contribution is 7.88.